The van der Waals surface area contributed by atoms with E-state index in [2.05, 4.69) is 21.5 Å². The van der Waals surface area contributed by atoms with Crippen LogP contribution >= 0.6 is 0 Å². The van der Waals surface area contributed by atoms with Crippen molar-refractivity contribution < 1.29 is 14.1 Å². The van der Waals surface area contributed by atoms with Gasteiger partial charge in [-0.25, -0.2) is 4.79 Å². The van der Waals surface area contributed by atoms with Gasteiger partial charge in [0.15, 0.2) is 0 Å². The predicted octanol–water partition coefficient (Wildman–Crippen LogP) is 4.73. The Balaban J connectivity index is 1.54. The number of benzene rings is 2. The summed E-state index contributed by atoms with van der Waals surface area (Å²) >= 11 is 0. The topological polar surface area (TPSA) is 80.5 Å². The molecule has 0 bridgehead atoms. The van der Waals surface area contributed by atoms with Crippen LogP contribution in [0.25, 0.3) is 11.4 Å². The van der Waals surface area contributed by atoms with Crippen LogP contribution in [0.1, 0.15) is 35.9 Å². The highest BCUT2D eigenvalue weighted by atomic mass is 16.5. The molecule has 1 aliphatic rings. The normalized spacial score (nSPS) is 16.1. The molecule has 1 aromatic heterocycles. The number of carbonyl (C=O) groups is 1. The minimum Gasteiger partial charge on any atom is -0.496 e. The van der Waals surface area contributed by atoms with Gasteiger partial charge in [0.25, 0.3) is 0 Å². The second kappa shape index (κ2) is 7.95. The summed E-state index contributed by atoms with van der Waals surface area (Å²) in [6, 6.07) is 13.1. The van der Waals surface area contributed by atoms with Gasteiger partial charge in [0, 0.05) is 12.2 Å². The number of methoxy groups -OCH3 is 1. The first-order valence-corrected chi connectivity index (χ1v) is 9.68. The molecule has 3 aromatic rings. The molecule has 7 heteroatoms. The van der Waals surface area contributed by atoms with E-state index in [0.29, 0.717) is 24.0 Å². The van der Waals surface area contributed by atoms with Crippen LogP contribution in [0, 0.1) is 13.8 Å². The largest absolute Gasteiger partial charge is 0.496 e. The van der Waals surface area contributed by atoms with E-state index in [-0.39, 0.29) is 12.1 Å². The second-order valence-electron chi connectivity index (χ2n) is 7.31. The maximum Gasteiger partial charge on any atom is 0.322 e. The number of para-hydroxylation sites is 1. The van der Waals surface area contributed by atoms with E-state index in [4.69, 9.17) is 9.26 Å². The van der Waals surface area contributed by atoms with Crippen molar-refractivity contribution in [3.63, 3.8) is 0 Å². The molecule has 2 aromatic carbocycles. The summed E-state index contributed by atoms with van der Waals surface area (Å²) in [5, 5.41) is 7.12. The maximum absolute atomic E-state index is 12.9. The zero-order valence-electron chi connectivity index (χ0n) is 16.8. The van der Waals surface area contributed by atoms with Crippen LogP contribution in [0.3, 0.4) is 0 Å². The summed E-state index contributed by atoms with van der Waals surface area (Å²) in [6.45, 7) is 4.67. The molecule has 1 N–H and O–H groups in total. The molecule has 29 heavy (non-hydrogen) atoms. The number of anilines is 1. The minimum absolute atomic E-state index is 0.158. The van der Waals surface area contributed by atoms with Crippen LogP contribution in [0.15, 0.2) is 47.0 Å². The minimum atomic E-state index is -0.239. The van der Waals surface area contributed by atoms with Gasteiger partial charge < -0.3 is 19.5 Å². The van der Waals surface area contributed by atoms with Crippen LogP contribution in [-0.4, -0.2) is 34.7 Å². The third kappa shape index (κ3) is 3.94. The summed E-state index contributed by atoms with van der Waals surface area (Å²) in [5.41, 5.74) is 3.76. The van der Waals surface area contributed by atoms with E-state index in [9.17, 15) is 4.79 Å². The molecule has 1 atom stereocenters. The van der Waals surface area contributed by atoms with E-state index in [1.54, 1.807) is 12.0 Å². The molecule has 150 valence electrons. The van der Waals surface area contributed by atoms with Crippen molar-refractivity contribution in [1.82, 2.24) is 15.0 Å². The number of amides is 2. The second-order valence-corrected chi connectivity index (χ2v) is 7.31. The number of nitrogens with one attached hydrogen (secondary N) is 1. The van der Waals surface area contributed by atoms with E-state index >= 15 is 0 Å². The Morgan fingerprint density at radius 3 is 2.72 bits per heavy atom. The number of hydrogen-bond acceptors (Lipinski definition) is 5. The highest BCUT2D eigenvalue weighted by molar-refractivity contribution is 5.90. The van der Waals surface area contributed by atoms with Crippen molar-refractivity contribution in [3.05, 3.63) is 59.5 Å². The predicted molar refractivity (Wildman–Crippen MR) is 110 cm³/mol. The van der Waals surface area contributed by atoms with Gasteiger partial charge in [-0.3, -0.25) is 0 Å². The molecule has 0 aliphatic carbocycles. The molecule has 1 saturated heterocycles. The summed E-state index contributed by atoms with van der Waals surface area (Å²) in [5.74, 6) is 1.58. The fourth-order valence-corrected chi connectivity index (χ4v) is 3.82. The van der Waals surface area contributed by atoms with Gasteiger partial charge in [-0.15, -0.1) is 0 Å². The molecule has 0 radical (unpaired) electrons. The lowest BCUT2D eigenvalue weighted by Crippen LogP contribution is -2.34. The summed E-state index contributed by atoms with van der Waals surface area (Å²) in [6.07, 6.45) is 1.67. The lowest BCUT2D eigenvalue weighted by Gasteiger charge is -2.22. The van der Waals surface area contributed by atoms with Crippen molar-refractivity contribution in [2.75, 3.05) is 19.0 Å². The Labute approximate surface area is 169 Å². The Kier molecular flexibility index (Phi) is 5.20. The number of urea groups is 1. The number of nitrogens with zero attached hydrogens (tertiary/aromatic N) is 3. The van der Waals surface area contributed by atoms with Crippen molar-refractivity contribution in [3.8, 4) is 17.1 Å². The molecule has 0 spiro atoms. The van der Waals surface area contributed by atoms with Crippen LogP contribution in [-0.2, 0) is 0 Å². The first-order valence-electron chi connectivity index (χ1n) is 9.68. The molecule has 1 aliphatic heterocycles. The fourth-order valence-electron chi connectivity index (χ4n) is 3.82. The molecule has 0 unspecified atom stereocenters. The number of aromatic nitrogens is 2. The molecular formula is C22H24N4O3. The first-order chi connectivity index (χ1) is 14.0. The average molecular weight is 392 g/mol. The van der Waals surface area contributed by atoms with Gasteiger partial charge in [0.2, 0.25) is 11.7 Å². The third-order valence-electron chi connectivity index (χ3n) is 5.06. The van der Waals surface area contributed by atoms with Crippen molar-refractivity contribution >= 4 is 11.7 Å². The molecule has 2 amide bonds. The van der Waals surface area contributed by atoms with Gasteiger partial charge in [-0.05, 0) is 62.1 Å². The zero-order valence-corrected chi connectivity index (χ0v) is 16.8. The summed E-state index contributed by atoms with van der Waals surface area (Å²) < 4.78 is 10.9. The smallest absolute Gasteiger partial charge is 0.322 e. The van der Waals surface area contributed by atoms with E-state index in [1.807, 2.05) is 50.2 Å². The van der Waals surface area contributed by atoms with Crippen LogP contribution in [0.5, 0.6) is 5.75 Å². The highest BCUT2D eigenvalue weighted by Crippen LogP contribution is 2.34. The molecule has 4 rings (SSSR count). The zero-order chi connectivity index (χ0) is 20.4. The van der Waals surface area contributed by atoms with Gasteiger partial charge >= 0.3 is 6.03 Å². The highest BCUT2D eigenvalue weighted by Gasteiger charge is 2.34. The third-order valence-corrected chi connectivity index (χ3v) is 5.06. The lowest BCUT2D eigenvalue weighted by molar-refractivity contribution is 0.193. The fraction of sp³-hybridized carbons (Fsp3) is 0.318. The number of aryl methyl sites for hydroxylation is 2. The summed E-state index contributed by atoms with van der Waals surface area (Å²) in [4.78, 5) is 19.2. The van der Waals surface area contributed by atoms with Crippen LogP contribution in [0.2, 0.25) is 0 Å². The van der Waals surface area contributed by atoms with Crippen molar-refractivity contribution in [1.29, 1.82) is 0 Å². The Bertz CT molecular complexity index is 1010. The van der Waals surface area contributed by atoms with E-state index in [0.717, 1.165) is 35.2 Å². The Morgan fingerprint density at radius 1 is 1.21 bits per heavy atom. The summed E-state index contributed by atoms with van der Waals surface area (Å²) in [7, 11) is 1.61. The van der Waals surface area contributed by atoms with E-state index in [1.165, 1.54) is 0 Å². The average Bonchev–Trinajstić information content (AvgIpc) is 3.36. The molecule has 1 fully saturated rings. The van der Waals surface area contributed by atoms with E-state index < -0.39 is 0 Å². The van der Waals surface area contributed by atoms with Gasteiger partial charge in [0.05, 0.1) is 12.7 Å². The Morgan fingerprint density at radius 2 is 1.97 bits per heavy atom. The van der Waals surface area contributed by atoms with Crippen LogP contribution < -0.4 is 10.1 Å². The quantitative estimate of drug-likeness (QED) is 0.694. The maximum atomic E-state index is 12.9. The number of carbonyl (C=O) groups excluding carboxylic acids is 1. The molecular weight excluding hydrogens is 368 g/mol. The molecule has 7 nitrogen and oxygen atoms in total. The van der Waals surface area contributed by atoms with Gasteiger partial charge in [0.1, 0.15) is 11.8 Å². The molecule has 0 saturated carbocycles. The number of ether oxygens (including phenoxy) is 1. The Hall–Kier alpha value is -3.35. The molecule has 2 heterocycles. The lowest BCUT2D eigenvalue weighted by atomic mass is 10.1. The first kappa shape index (κ1) is 19.0. The number of likely N-dealkylation sites (tertiary alicyclic amines) is 1. The SMILES string of the molecule is COc1ccccc1-c1noc([C@@H]2CCCN2C(=O)Nc2cc(C)cc(C)c2)n1. The van der Waals surface area contributed by atoms with Crippen molar-refractivity contribution in [2.24, 2.45) is 0 Å². The van der Waals surface area contributed by atoms with Crippen LogP contribution in [0.4, 0.5) is 10.5 Å². The van der Waals surface area contributed by atoms with Gasteiger partial charge in [-0.1, -0.05) is 23.4 Å². The van der Waals surface area contributed by atoms with Crippen molar-refractivity contribution in [2.45, 2.75) is 32.7 Å². The monoisotopic (exact) mass is 392 g/mol. The standard InChI is InChI=1S/C22H24N4O3/c1-14-11-15(2)13-16(12-14)23-22(27)26-10-6-8-18(26)21-24-20(25-29-21)17-7-4-5-9-19(17)28-3/h4-5,7,9,11-13,18H,6,8,10H2,1-3H3,(H,23,27)/t18-/m0/s1. The van der Waals surface area contributed by atoms with Gasteiger partial charge in [-0.2, -0.15) is 4.98 Å². The number of hydrogen-bond donors (Lipinski definition) is 1. The number of rotatable bonds is 4.